The summed E-state index contributed by atoms with van der Waals surface area (Å²) in [4.78, 5) is 24.4. The van der Waals surface area contributed by atoms with E-state index in [0.29, 0.717) is 29.2 Å². The van der Waals surface area contributed by atoms with E-state index in [4.69, 9.17) is 0 Å². The molecule has 0 atom stereocenters. The van der Waals surface area contributed by atoms with Crippen molar-refractivity contribution in [1.82, 2.24) is 15.5 Å². The highest BCUT2D eigenvalue weighted by atomic mass is 127. The molecule has 0 aliphatic carbocycles. The van der Waals surface area contributed by atoms with Crippen molar-refractivity contribution >= 4 is 66.8 Å². The summed E-state index contributed by atoms with van der Waals surface area (Å²) in [5.41, 5.74) is 1.18. The molecule has 0 bridgehead atoms. The van der Waals surface area contributed by atoms with Gasteiger partial charge in [0, 0.05) is 26.6 Å². The summed E-state index contributed by atoms with van der Waals surface area (Å²) in [7, 11) is 0. The molecule has 0 spiro atoms. The Hall–Kier alpha value is -1.85. The molecule has 0 aliphatic heterocycles. The lowest BCUT2D eigenvalue weighted by molar-refractivity contribution is 0.0953. The van der Waals surface area contributed by atoms with Gasteiger partial charge in [-0.15, -0.1) is 10.2 Å². The Labute approximate surface area is 182 Å². The number of hydrogen-bond donors (Lipinski definition) is 2. The van der Waals surface area contributed by atoms with Gasteiger partial charge in [-0.05, 0) is 52.9 Å². The Balaban J connectivity index is 1.52. The number of anilines is 1. The van der Waals surface area contributed by atoms with E-state index in [1.165, 1.54) is 11.3 Å². The molecular formula is C18H14BrIN4O2S. The van der Waals surface area contributed by atoms with Gasteiger partial charge < -0.3 is 5.32 Å². The summed E-state index contributed by atoms with van der Waals surface area (Å²) in [5, 5.41) is 14.8. The van der Waals surface area contributed by atoms with Crippen LogP contribution in [0.3, 0.4) is 0 Å². The second-order valence-corrected chi connectivity index (χ2v) is 8.59. The number of nitrogens with zero attached hydrogens (tertiary/aromatic N) is 2. The van der Waals surface area contributed by atoms with Gasteiger partial charge in [0.25, 0.3) is 11.8 Å². The smallest absolute Gasteiger partial charge is 0.258 e. The maximum Gasteiger partial charge on any atom is 0.258 e. The molecule has 0 saturated heterocycles. The van der Waals surface area contributed by atoms with Crippen LogP contribution >= 0.6 is 49.9 Å². The van der Waals surface area contributed by atoms with Crippen molar-refractivity contribution in [2.24, 2.45) is 0 Å². The maximum atomic E-state index is 12.3. The molecule has 27 heavy (non-hydrogen) atoms. The van der Waals surface area contributed by atoms with Crippen LogP contribution in [-0.2, 0) is 6.42 Å². The lowest BCUT2D eigenvalue weighted by Crippen LogP contribution is -2.25. The molecule has 2 N–H and O–H groups in total. The van der Waals surface area contributed by atoms with Gasteiger partial charge in [-0.1, -0.05) is 45.5 Å². The Kier molecular flexibility index (Phi) is 6.91. The zero-order chi connectivity index (χ0) is 19.2. The third-order valence-electron chi connectivity index (χ3n) is 3.52. The molecule has 3 aromatic rings. The average Bonchev–Trinajstić information content (AvgIpc) is 3.09. The predicted molar refractivity (Wildman–Crippen MR) is 117 cm³/mol. The van der Waals surface area contributed by atoms with Gasteiger partial charge in [-0.2, -0.15) is 0 Å². The lowest BCUT2D eigenvalue weighted by atomic mass is 10.2. The molecule has 0 unspecified atom stereocenters. The van der Waals surface area contributed by atoms with E-state index in [9.17, 15) is 9.59 Å². The topological polar surface area (TPSA) is 84.0 Å². The summed E-state index contributed by atoms with van der Waals surface area (Å²) < 4.78 is 1.72. The quantitative estimate of drug-likeness (QED) is 0.447. The lowest BCUT2D eigenvalue weighted by Gasteiger charge is -2.04. The largest absolute Gasteiger partial charge is 0.352 e. The van der Waals surface area contributed by atoms with E-state index < -0.39 is 0 Å². The van der Waals surface area contributed by atoms with Gasteiger partial charge in [-0.3, -0.25) is 14.9 Å². The Morgan fingerprint density at radius 3 is 2.67 bits per heavy atom. The van der Waals surface area contributed by atoms with Crippen LogP contribution in [0.25, 0.3) is 0 Å². The number of benzene rings is 2. The molecule has 9 heteroatoms. The summed E-state index contributed by atoms with van der Waals surface area (Å²) in [6, 6.07) is 14.5. The van der Waals surface area contributed by atoms with E-state index in [1.54, 1.807) is 18.2 Å². The highest BCUT2D eigenvalue weighted by Crippen LogP contribution is 2.18. The number of hydrogen-bond acceptors (Lipinski definition) is 5. The fraction of sp³-hybridized carbons (Fsp3) is 0.111. The molecule has 0 aliphatic rings. The van der Waals surface area contributed by atoms with E-state index in [0.717, 1.165) is 13.1 Å². The van der Waals surface area contributed by atoms with E-state index in [1.807, 2.05) is 30.3 Å². The van der Waals surface area contributed by atoms with Crippen molar-refractivity contribution in [3.8, 4) is 0 Å². The van der Waals surface area contributed by atoms with Gasteiger partial charge in [0.05, 0.1) is 5.56 Å². The molecule has 0 saturated carbocycles. The number of aromatic nitrogens is 2. The van der Waals surface area contributed by atoms with Crippen LogP contribution in [0.2, 0.25) is 0 Å². The summed E-state index contributed by atoms with van der Waals surface area (Å²) in [6.45, 7) is 0.435. The molecule has 1 heterocycles. The van der Waals surface area contributed by atoms with Crippen LogP contribution in [0, 0.1) is 3.57 Å². The first kappa shape index (κ1) is 19.9. The van der Waals surface area contributed by atoms with Gasteiger partial charge >= 0.3 is 0 Å². The zero-order valence-corrected chi connectivity index (χ0v) is 18.5. The zero-order valence-electron chi connectivity index (χ0n) is 13.9. The van der Waals surface area contributed by atoms with Crippen molar-refractivity contribution in [2.45, 2.75) is 6.42 Å². The second-order valence-electron chi connectivity index (χ2n) is 5.45. The fourth-order valence-electron chi connectivity index (χ4n) is 2.23. The number of rotatable bonds is 6. The van der Waals surface area contributed by atoms with Crippen LogP contribution in [-0.4, -0.2) is 28.6 Å². The predicted octanol–water partition coefficient (Wildman–Crippen LogP) is 4.13. The van der Waals surface area contributed by atoms with E-state index in [-0.39, 0.29) is 11.8 Å². The standard InChI is InChI=1S/C18H14BrIN4O2S/c19-12-5-3-4-11(10-12)16(25)21-9-8-15-23-24-18(27-15)22-17(26)13-6-1-2-7-14(13)20/h1-7,10H,8-9H2,(H,21,25)(H,22,24,26). The molecule has 0 radical (unpaired) electrons. The summed E-state index contributed by atoms with van der Waals surface area (Å²) in [5.74, 6) is -0.362. The van der Waals surface area contributed by atoms with Crippen molar-refractivity contribution in [2.75, 3.05) is 11.9 Å². The Morgan fingerprint density at radius 1 is 1.07 bits per heavy atom. The van der Waals surface area contributed by atoms with Crippen LogP contribution in [0.5, 0.6) is 0 Å². The highest BCUT2D eigenvalue weighted by Gasteiger charge is 2.13. The van der Waals surface area contributed by atoms with Crippen LogP contribution < -0.4 is 10.6 Å². The number of carbonyl (C=O) groups is 2. The first-order chi connectivity index (χ1) is 13.0. The SMILES string of the molecule is O=C(NCCc1nnc(NC(=O)c2ccccc2I)s1)c1cccc(Br)c1. The first-order valence-electron chi connectivity index (χ1n) is 7.95. The monoisotopic (exact) mass is 556 g/mol. The van der Waals surface area contributed by atoms with Gasteiger partial charge in [0.2, 0.25) is 5.13 Å². The minimum Gasteiger partial charge on any atom is -0.352 e. The normalized spacial score (nSPS) is 10.4. The van der Waals surface area contributed by atoms with Crippen LogP contribution in [0.1, 0.15) is 25.7 Å². The van der Waals surface area contributed by atoms with Crippen molar-refractivity contribution in [3.63, 3.8) is 0 Å². The minimum absolute atomic E-state index is 0.145. The molecule has 2 aromatic carbocycles. The number of carbonyl (C=O) groups excluding carboxylic acids is 2. The summed E-state index contributed by atoms with van der Waals surface area (Å²) >= 11 is 6.76. The van der Waals surface area contributed by atoms with Crippen molar-refractivity contribution in [1.29, 1.82) is 0 Å². The second kappa shape index (κ2) is 9.38. The van der Waals surface area contributed by atoms with Crippen molar-refractivity contribution in [3.05, 3.63) is 72.7 Å². The molecular weight excluding hydrogens is 543 g/mol. The maximum absolute atomic E-state index is 12.3. The van der Waals surface area contributed by atoms with Crippen molar-refractivity contribution < 1.29 is 9.59 Å². The molecule has 3 rings (SSSR count). The fourth-order valence-corrected chi connectivity index (χ4v) is 4.00. The molecule has 6 nitrogen and oxygen atoms in total. The number of nitrogens with one attached hydrogen (secondary N) is 2. The highest BCUT2D eigenvalue weighted by molar-refractivity contribution is 14.1. The number of halogens is 2. The average molecular weight is 557 g/mol. The Morgan fingerprint density at radius 2 is 1.89 bits per heavy atom. The Bertz CT molecular complexity index is 979. The molecule has 138 valence electrons. The third-order valence-corrected chi connectivity index (χ3v) is 5.85. The van der Waals surface area contributed by atoms with Crippen LogP contribution in [0.15, 0.2) is 53.0 Å². The minimum atomic E-state index is -0.217. The van der Waals surface area contributed by atoms with E-state index >= 15 is 0 Å². The van der Waals surface area contributed by atoms with Gasteiger partial charge in [0.15, 0.2) is 0 Å². The van der Waals surface area contributed by atoms with Gasteiger partial charge in [-0.25, -0.2) is 0 Å². The third kappa shape index (κ3) is 5.56. The first-order valence-corrected chi connectivity index (χ1v) is 10.6. The van der Waals surface area contributed by atoms with Gasteiger partial charge in [0.1, 0.15) is 5.01 Å². The van der Waals surface area contributed by atoms with E-state index in [2.05, 4.69) is 59.4 Å². The summed E-state index contributed by atoms with van der Waals surface area (Å²) in [6.07, 6.45) is 0.538. The number of amides is 2. The van der Waals surface area contributed by atoms with Crippen LogP contribution in [0.4, 0.5) is 5.13 Å². The molecule has 2 amide bonds. The molecule has 0 fully saturated rings. The molecule has 1 aromatic heterocycles.